The van der Waals surface area contributed by atoms with Gasteiger partial charge in [-0.3, -0.25) is 0 Å². The van der Waals surface area contributed by atoms with Gasteiger partial charge in [0.05, 0.1) is 0 Å². The van der Waals surface area contributed by atoms with E-state index in [-0.39, 0.29) is 29.4 Å². The molecule has 0 saturated carbocycles. The van der Waals surface area contributed by atoms with Crippen LogP contribution in [0.1, 0.15) is 30.9 Å². The van der Waals surface area contributed by atoms with Crippen LogP contribution in [0.4, 0.5) is 0 Å². The van der Waals surface area contributed by atoms with Crippen LogP contribution in [0.15, 0.2) is 18.2 Å². The van der Waals surface area contributed by atoms with Gasteiger partial charge in [0.25, 0.3) is 0 Å². The summed E-state index contributed by atoms with van der Waals surface area (Å²) in [6.45, 7) is 6.62. The summed E-state index contributed by atoms with van der Waals surface area (Å²) < 4.78 is 0. The lowest BCUT2D eigenvalue weighted by atomic mass is 10.2. The minimum atomic E-state index is 0. The Hall–Kier alpha value is 0.420. The van der Waals surface area contributed by atoms with Gasteiger partial charge in [0, 0.05) is 0 Å². The average molecular weight is 312 g/mol. The third-order valence-corrected chi connectivity index (χ3v) is 3.38. The van der Waals surface area contributed by atoms with Crippen LogP contribution in [0.25, 0.3) is 0 Å². The molecule has 0 aliphatic carbocycles. The summed E-state index contributed by atoms with van der Waals surface area (Å²) in [6.07, 6.45) is 4.04. The summed E-state index contributed by atoms with van der Waals surface area (Å²) in [4.78, 5) is 0. The second-order valence-electron chi connectivity index (χ2n) is 3.66. The van der Waals surface area contributed by atoms with Crippen molar-refractivity contribution in [3.8, 4) is 0 Å². The molecule has 0 amide bonds. The van der Waals surface area contributed by atoms with Gasteiger partial charge in [-0.1, -0.05) is 51.3 Å². The molecular formula is C12H21BrClP. The molecule has 0 aliphatic heterocycles. The second-order valence-corrected chi connectivity index (χ2v) is 5.09. The van der Waals surface area contributed by atoms with Crippen molar-refractivity contribution in [1.82, 2.24) is 0 Å². The molecule has 15 heavy (non-hydrogen) atoms. The summed E-state index contributed by atoms with van der Waals surface area (Å²) in [6, 6.07) is 6.88. The van der Waals surface area contributed by atoms with E-state index in [1.54, 1.807) is 0 Å². The highest BCUT2D eigenvalue weighted by Gasteiger charge is 1.95. The monoisotopic (exact) mass is 310 g/mol. The number of halogens is 2. The van der Waals surface area contributed by atoms with Gasteiger partial charge in [-0.15, -0.1) is 29.4 Å². The Morgan fingerprint density at radius 1 is 1.07 bits per heavy atom. The molecule has 0 nitrogen and oxygen atoms in total. The van der Waals surface area contributed by atoms with Gasteiger partial charge in [0.2, 0.25) is 0 Å². The molecule has 0 radical (unpaired) electrons. The summed E-state index contributed by atoms with van der Waals surface area (Å²) in [7, 11) is 1.00. The topological polar surface area (TPSA) is 0 Å². The molecule has 1 aromatic rings. The maximum Gasteiger partial charge on any atom is -0.0266 e. The van der Waals surface area contributed by atoms with Crippen LogP contribution in [-0.4, -0.2) is 6.16 Å². The van der Waals surface area contributed by atoms with Crippen LogP contribution >= 0.6 is 38.0 Å². The van der Waals surface area contributed by atoms with Gasteiger partial charge >= 0.3 is 0 Å². The average Bonchev–Trinajstić information content (AvgIpc) is 2.03. The summed E-state index contributed by atoms with van der Waals surface area (Å²) in [5.41, 5.74) is 2.80. The first-order chi connectivity index (χ1) is 6.22. The number of hydrogen-bond donors (Lipinski definition) is 0. The van der Waals surface area contributed by atoms with Crippen LogP contribution in [0, 0.1) is 13.8 Å². The van der Waals surface area contributed by atoms with E-state index in [4.69, 9.17) is 0 Å². The smallest absolute Gasteiger partial charge is 0.0266 e. The predicted octanol–water partition coefficient (Wildman–Crippen LogP) is 4.41. The van der Waals surface area contributed by atoms with Crippen molar-refractivity contribution in [1.29, 1.82) is 0 Å². The Morgan fingerprint density at radius 3 is 2.07 bits per heavy atom. The fourth-order valence-electron chi connectivity index (χ4n) is 1.49. The van der Waals surface area contributed by atoms with Crippen molar-refractivity contribution in [2.75, 3.05) is 6.16 Å². The number of unbranched alkanes of at least 4 members (excludes halogenated alkanes) is 1. The second kappa shape index (κ2) is 9.63. The Morgan fingerprint density at radius 2 is 1.60 bits per heavy atom. The van der Waals surface area contributed by atoms with Crippen molar-refractivity contribution >= 4 is 43.3 Å². The highest BCUT2D eigenvalue weighted by Crippen LogP contribution is 2.14. The fraction of sp³-hybridized carbons (Fsp3) is 0.500. The van der Waals surface area contributed by atoms with E-state index in [2.05, 4.69) is 39.0 Å². The summed E-state index contributed by atoms with van der Waals surface area (Å²) >= 11 is 0. The van der Waals surface area contributed by atoms with E-state index in [9.17, 15) is 0 Å². The van der Waals surface area contributed by atoms with E-state index in [0.29, 0.717) is 0 Å². The lowest BCUT2D eigenvalue weighted by molar-refractivity contribution is 0.895. The number of aryl methyl sites for hydroxylation is 2. The van der Waals surface area contributed by atoms with Crippen LogP contribution in [-0.2, 0) is 0 Å². The highest BCUT2D eigenvalue weighted by molar-refractivity contribution is 8.93. The van der Waals surface area contributed by atoms with Crippen LogP contribution < -0.4 is 5.30 Å². The van der Waals surface area contributed by atoms with Crippen molar-refractivity contribution < 1.29 is 0 Å². The first-order valence-electron chi connectivity index (χ1n) is 5.04. The molecule has 0 saturated heterocycles. The predicted molar refractivity (Wildman–Crippen MR) is 81.2 cm³/mol. The minimum Gasteiger partial charge on any atom is -0.147 e. The van der Waals surface area contributed by atoms with E-state index in [0.717, 1.165) is 8.58 Å². The van der Waals surface area contributed by atoms with E-state index >= 15 is 0 Å². The molecule has 0 heterocycles. The molecule has 0 aliphatic rings. The first-order valence-corrected chi connectivity index (χ1v) is 6.25. The lowest BCUT2D eigenvalue weighted by Crippen LogP contribution is -1.97. The Kier molecular flexibility index (Phi) is 11.4. The molecule has 88 valence electrons. The van der Waals surface area contributed by atoms with E-state index in [1.165, 1.54) is 35.4 Å². The van der Waals surface area contributed by atoms with Crippen molar-refractivity contribution in [3.05, 3.63) is 29.3 Å². The third kappa shape index (κ3) is 7.33. The van der Waals surface area contributed by atoms with Crippen LogP contribution in [0.5, 0.6) is 0 Å². The van der Waals surface area contributed by atoms with Gasteiger partial charge in [-0.05, 0) is 31.7 Å². The largest absolute Gasteiger partial charge is 0.147 e. The molecule has 0 bridgehead atoms. The van der Waals surface area contributed by atoms with Gasteiger partial charge in [0.1, 0.15) is 0 Å². The van der Waals surface area contributed by atoms with Gasteiger partial charge in [0.15, 0.2) is 0 Å². The zero-order valence-electron chi connectivity index (χ0n) is 9.67. The molecular weight excluding hydrogens is 290 g/mol. The molecule has 1 rings (SSSR count). The standard InChI is InChI=1S/C12H19P.BrH.ClH/c1-4-5-6-13-12-8-10(2)7-11(3)9-12;;/h7-9,13H,4-6H2,1-3H3;2*1H. The van der Waals surface area contributed by atoms with Crippen LogP contribution in [0.3, 0.4) is 0 Å². The van der Waals surface area contributed by atoms with Gasteiger partial charge in [-0.25, -0.2) is 0 Å². The Balaban J connectivity index is 0. The Bertz CT molecular complexity index is 256. The molecule has 0 spiro atoms. The zero-order chi connectivity index (χ0) is 9.68. The van der Waals surface area contributed by atoms with Gasteiger partial charge in [-0.2, -0.15) is 0 Å². The normalized spacial score (nSPS) is 9.80. The molecule has 1 atom stereocenters. The quantitative estimate of drug-likeness (QED) is 0.571. The zero-order valence-corrected chi connectivity index (χ0v) is 13.2. The molecule has 1 aromatic carbocycles. The van der Waals surface area contributed by atoms with Crippen molar-refractivity contribution in [2.24, 2.45) is 0 Å². The van der Waals surface area contributed by atoms with Crippen LogP contribution in [0.2, 0.25) is 0 Å². The maximum atomic E-state index is 2.32. The molecule has 3 heteroatoms. The minimum absolute atomic E-state index is 0. The molecule has 0 N–H and O–H groups in total. The van der Waals surface area contributed by atoms with Crippen molar-refractivity contribution in [3.63, 3.8) is 0 Å². The molecule has 0 aromatic heterocycles. The fourth-order valence-corrected chi connectivity index (χ4v) is 2.96. The lowest BCUT2D eigenvalue weighted by Gasteiger charge is -2.04. The summed E-state index contributed by atoms with van der Waals surface area (Å²) in [5.74, 6) is 0. The van der Waals surface area contributed by atoms with E-state index in [1.807, 2.05) is 0 Å². The third-order valence-electron chi connectivity index (χ3n) is 2.08. The Labute approximate surface area is 112 Å². The number of hydrogen-bond acceptors (Lipinski definition) is 0. The number of benzene rings is 1. The first kappa shape index (κ1) is 17.8. The SMILES string of the molecule is Br.CCCCPc1cc(C)cc(C)c1.Cl. The van der Waals surface area contributed by atoms with Gasteiger partial charge < -0.3 is 0 Å². The summed E-state index contributed by atoms with van der Waals surface area (Å²) in [5, 5.41) is 1.53. The molecule has 0 fully saturated rings. The molecule has 1 unspecified atom stereocenters. The van der Waals surface area contributed by atoms with E-state index < -0.39 is 0 Å². The number of rotatable bonds is 4. The maximum absolute atomic E-state index is 2.32. The highest BCUT2D eigenvalue weighted by atomic mass is 79.9. The van der Waals surface area contributed by atoms with Crippen molar-refractivity contribution in [2.45, 2.75) is 33.6 Å².